The van der Waals surface area contributed by atoms with E-state index in [1.165, 1.54) is 50.6 Å². The summed E-state index contributed by atoms with van der Waals surface area (Å²) in [5.41, 5.74) is 0. The zero-order chi connectivity index (χ0) is 19.7. The quantitative estimate of drug-likeness (QED) is 0.275. The van der Waals surface area contributed by atoms with Crippen LogP contribution in [-0.2, 0) is 8.23 Å². The van der Waals surface area contributed by atoms with Crippen molar-refractivity contribution >= 4 is 25.2 Å². The standard InChI is InChI=1S/C20H48O2Si3/c1-11-13-15-19(3)17-23(5,6)21-25(9,10)22-24(7,8)18-20(4)16-14-12-2/h19-20H,11-18H2,1-10H3. The maximum atomic E-state index is 6.76. The minimum Gasteiger partial charge on any atom is -0.436 e. The zero-order valence-electron chi connectivity index (χ0n) is 19.1. The van der Waals surface area contributed by atoms with E-state index in [2.05, 4.69) is 67.0 Å². The largest absolute Gasteiger partial charge is 0.436 e. The summed E-state index contributed by atoms with van der Waals surface area (Å²) in [5, 5.41) is 0. The Labute approximate surface area is 163 Å². The van der Waals surface area contributed by atoms with Crippen molar-refractivity contribution in [3.8, 4) is 0 Å². The summed E-state index contributed by atoms with van der Waals surface area (Å²) >= 11 is 0. The minimum atomic E-state index is -2.05. The molecular weight excluding hydrogens is 356 g/mol. The Balaban J connectivity index is 4.61. The van der Waals surface area contributed by atoms with Crippen molar-refractivity contribution in [1.29, 1.82) is 0 Å². The summed E-state index contributed by atoms with van der Waals surface area (Å²) in [6, 6.07) is 2.53. The highest BCUT2D eigenvalue weighted by atomic mass is 28.5. The van der Waals surface area contributed by atoms with E-state index in [-0.39, 0.29) is 0 Å². The van der Waals surface area contributed by atoms with Crippen molar-refractivity contribution < 1.29 is 8.23 Å². The lowest BCUT2D eigenvalue weighted by atomic mass is 10.1. The molecule has 0 rings (SSSR count). The molecule has 0 bridgehead atoms. The van der Waals surface area contributed by atoms with Gasteiger partial charge in [-0.15, -0.1) is 0 Å². The molecule has 0 aliphatic carbocycles. The molecule has 0 aromatic heterocycles. The number of unbranched alkanes of at least 4 members (excludes halogenated alkanes) is 2. The lowest BCUT2D eigenvalue weighted by Crippen LogP contribution is -2.53. The van der Waals surface area contributed by atoms with E-state index in [0.717, 1.165) is 11.8 Å². The Hall–Kier alpha value is 0.571. The summed E-state index contributed by atoms with van der Waals surface area (Å²) in [7, 11) is -5.35. The van der Waals surface area contributed by atoms with Crippen molar-refractivity contribution in [2.45, 2.75) is 118 Å². The second-order valence-electron chi connectivity index (χ2n) is 10.0. The van der Waals surface area contributed by atoms with Crippen LogP contribution in [0.15, 0.2) is 0 Å². The van der Waals surface area contributed by atoms with Gasteiger partial charge in [-0.3, -0.25) is 0 Å². The lowest BCUT2D eigenvalue weighted by molar-refractivity contribution is 0.375. The fourth-order valence-electron chi connectivity index (χ4n) is 4.42. The van der Waals surface area contributed by atoms with Gasteiger partial charge in [0.25, 0.3) is 0 Å². The van der Waals surface area contributed by atoms with Crippen LogP contribution in [0.3, 0.4) is 0 Å². The molecule has 5 heteroatoms. The fraction of sp³-hybridized carbons (Fsp3) is 1.00. The Morgan fingerprint density at radius 1 is 0.640 bits per heavy atom. The smallest absolute Gasteiger partial charge is 0.311 e. The first-order chi connectivity index (χ1) is 11.3. The van der Waals surface area contributed by atoms with Gasteiger partial charge in [-0.25, -0.2) is 0 Å². The van der Waals surface area contributed by atoms with Gasteiger partial charge in [0.15, 0.2) is 16.6 Å². The van der Waals surface area contributed by atoms with E-state index < -0.39 is 25.2 Å². The van der Waals surface area contributed by atoms with E-state index in [9.17, 15) is 0 Å². The second-order valence-corrected chi connectivity index (χ2v) is 22.3. The number of rotatable bonds is 14. The van der Waals surface area contributed by atoms with Crippen LogP contribution >= 0.6 is 0 Å². The van der Waals surface area contributed by atoms with Gasteiger partial charge in [-0.1, -0.05) is 66.2 Å². The molecule has 0 fully saturated rings. The Morgan fingerprint density at radius 2 is 0.960 bits per heavy atom. The molecule has 0 radical (unpaired) electrons. The monoisotopic (exact) mass is 404 g/mol. The predicted octanol–water partition coefficient (Wildman–Crippen LogP) is 7.78. The van der Waals surface area contributed by atoms with E-state index in [1.807, 2.05) is 0 Å². The van der Waals surface area contributed by atoms with Gasteiger partial charge in [0.2, 0.25) is 0 Å². The van der Waals surface area contributed by atoms with Crippen LogP contribution in [-0.4, -0.2) is 25.2 Å². The molecule has 0 aromatic rings. The average molecular weight is 405 g/mol. The van der Waals surface area contributed by atoms with Crippen molar-refractivity contribution in [3.05, 3.63) is 0 Å². The fourth-order valence-corrected chi connectivity index (χ4v) is 20.0. The molecule has 0 spiro atoms. The van der Waals surface area contributed by atoms with Gasteiger partial charge in [0.05, 0.1) is 0 Å². The third-order valence-electron chi connectivity index (χ3n) is 4.83. The van der Waals surface area contributed by atoms with Crippen LogP contribution in [0.2, 0.25) is 51.4 Å². The van der Waals surface area contributed by atoms with Gasteiger partial charge >= 0.3 is 8.56 Å². The summed E-state index contributed by atoms with van der Waals surface area (Å²) in [6.45, 7) is 23.5. The lowest BCUT2D eigenvalue weighted by Gasteiger charge is -2.40. The predicted molar refractivity (Wildman–Crippen MR) is 122 cm³/mol. The summed E-state index contributed by atoms with van der Waals surface area (Å²) in [5.74, 6) is 1.57. The molecule has 0 aromatic carbocycles. The SMILES string of the molecule is CCCCC(C)C[Si](C)(C)O[Si](C)(C)O[Si](C)(C)CC(C)CCCC. The number of hydrogen-bond donors (Lipinski definition) is 0. The van der Waals surface area contributed by atoms with E-state index in [0.29, 0.717) is 0 Å². The van der Waals surface area contributed by atoms with Gasteiger partial charge in [0.1, 0.15) is 0 Å². The van der Waals surface area contributed by atoms with E-state index in [4.69, 9.17) is 8.23 Å². The molecule has 2 atom stereocenters. The van der Waals surface area contributed by atoms with Crippen molar-refractivity contribution in [1.82, 2.24) is 0 Å². The molecule has 2 nitrogen and oxygen atoms in total. The van der Waals surface area contributed by atoms with Crippen LogP contribution in [0, 0.1) is 11.8 Å². The average Bonchev–Trinajstić information content (AvgIpc) is 2.38. The summed E-state index contributed by atoms with van der Waals surface area (Å²) in [6.07, 6.45) is 7.97. The van der Waals surface area contributed by atoms with Gasteiger partial charge in [0, 0.05) is 0 Å². The molecule has 0 N–H and O–H groups in total. The highest BCUT2D eigenvalue weighted by molar-refractivity contribution is 6.87. The van der Waals surface area contributed by atoms with Crippen LogP contribution in [0.4, 0.5) is 0 Å². The minimum absolute atomic E-state index is 0.783. The topological polar surface area (TPSA) is 18.5 Å². The molecule has 25 heavy (non-hydrogen) atoms. The third-order valence-corrected chi connectivity index (χ3v) is 16.5. The highest BCUT2D eigenvalue weighted by Crippen LogP contribution is 2.30. The second kappa shape index (κ2) is 11.4. The molecule has 152 valence electrons. The van der Waals surface area contributed by atoms with Crippen LogP contribution in [0.1, 0.15) is 66.2 Å². The molecule has 0 aliphatic rings. The third kappa shape index (κ3) is 13.4. The molecule has 0 amide bonds. The van der Waals surface area contributed by atoms with Gasteiger partial charge in [-0.05, 0) is 63.2 Å². The maximum absolute atomic E-state index is 6.76. The zero-order valence-corrected chi connectivity index (χ0v) is 22.1. The summed E-state index contributed by atoms with van der Waals surface area (Å²) in [4.78, 5) is 0. The van der Waals surface area contributed by atoms with Crippen molar-refractivity contribution in [2.75, 3.05) is 0 Å². The molecule has 0 heterocycles. The highest BCUT2D eigenvalue weighted by Gasteiger charge is 2.40. The van der Waals surface area contributed by atoms with E-state index >= 15 is 0 Å². The Kier molecular flexibility index (Phi) is 11.7. The molecule has 0 saturated carbocycles. The van der Waals surface area contributed by atoms with Crippen molar-refractivity contribution in [3.63, 3.8) is 0 Å². The Morgan fingerprint density at radius 3 is 1.24 bits per heavy atom. The maximum Gasteiger partial charge on any atom is 0.311 e. The molecular formula is C20H48O2Si3. The first kappa shape index (κ1) is 25.6. The first-order valence-corrected chi connectivity index (χ1v) is 19.8. The van der Waals surface area contributed by atoms with E-state index in [1.54, 1.807) is 0 Å². The van der Waals surface area contributed by atoms with Crippen LogP contribution < -0.4 is 0 Å². The van der Waals surface area contributed by atoms with Gasteiger partial charge < -0.3 is 8.23 Å². The number of hydrogen-bond acceptors (Lipinski definition) is 2. The first-order valence-electron chi connectivity index (χ1n) is 10.7. The summed E-state index contributed by atoms with van der Waals surface area (Å²) < 4.78 is 13.5. The molecule has 2 unspecified atom stereocenters. The van der Waals surface area contributed by atoms with Crippen LogP contribution in [0.25, 0.3) is 0 Å². The Bertz CT molecular complexity index is 325. The molecule has 0 saturated heterocycles. The van der Waals surface area contributed by atoms with Crippen LogP contribution in [0.5, 0.6) is 0 Å². The normalized spacial score (nSPS) is 16.1. The van der Waals surface area contributed by atoms with Gasteiger partial charge in [-0.2, -0.15) is 0 Å². The van der Waals surface area contributed by atoms with Crippen molar-refractivity contribution in [2.24, 2.45) is 11.8 Å². The molecule has 0 aliphatic heterocycles.